The van der Waals surface area contributed by atoms with Crippen LogP contribution >= 0.6 is 11.3 Å². The fourth-order valence-electron chi connectivity index (χ4n) is 2.08. The first-order valence-electron chi connectivity index (χ1n) is 6.98. The van der Waals surface area contributed by atoms with Gasteiger partial charge in [0.15, 0.2) is 17.5 Å². The second-order valence-electron chi connectivity index (χ2n) is 4.96. The van der Waals surface area contributed by atoms with Gasteiger partial charge in [-0.25, -0.2) is 18.2 Å². The summed E-state index contributed by atoms with van der Waals surface area (Å²) < 4.78 is 39.6. The molecular weight excluding hydrogens is 337 g/mol. The van der Waals surface area contributed by atoms with E-state index in [1.807, 2.05) is 30.3 Å². The topological polar surface area (TPSA) is 42.0 Å². The number of hydrogen-bond donors (Lipinski definition) is 1. The average molecular weight is 348 g/mol. The summed E-state index contributed by atoms with van der Waals surface area (Å²) in [4.78, 5) is 16.3. The van der Waals surface area contributed by atoms with Gasteiger partial charge in [0.1, 0.15) is 5.01 Å². The first-order chi connectivity index (χ1) is 11.5. The molecule has 0 aliphatic carbocycles. The van der Waals surface area contributed by atoms with Gasteiger partial charge < -0.3 is 5.32 Å². The summed E-state index contributed by atoms with van der Waals surface area (Å²) in [5.74, 6) is -4.92. The van der Waals surface area contributed by atoms with Gasteiger partial charge in [-0.2, -0.15) is 0 Å². The lowest BCUT2D eigenvalue weighted by molar-refractivity contribution is -0.115. The Bertz CT molecular complexity index is 881. The second kappa shape index (κ2) is 6.84. The monoisotopic (exact) mass is 348 g/mol. The van der Waals surface area contributed by atoms with E-state index in [-0.39, 0.29) is 6.42 Å². The molecule has 0 bridgehead atoms. The maximum absolute atomic E-state index is 13.5. The van der Waals surface area contributed by atoms with E-state index >= 15 is 0 Å². The van der Waals surface area contributed by atoms with Crippen LogP contribution in [0.15, 0.2) is 47.8 Å². The first kappa shape index (κ1) is 16.2. The number of anilines is 1. The molecule has 0 saturated carbocycles. The van der Waals surface area contributed by atoms with E-state index in [2.05, 4.69) is 10.3 Å². The van der Waals surface area contributed by atoms with Crippen LogP contribution in [0.2, 0.25) is 0 Å². The number of amides is 1. The second-order valence-corrected chi connectivity index (χ2v) is 5.82. The van der Waals surface area contributed by atoms with Crippen molar-refractivity contribution in [3.8, 4) is 10.6 Å². The normalized spacial score (nSPS) is 10.6. The Morgan fingerprint density at radius 2 is 1.79 bits per heavy atom. The van der Waals surface area contributed by atoms with Crippen molar-refractivity contribution in [2.24, 2.45) is 0 Å². The third-order valence-corrected chi connectivity index (χ3v) is 4.16. The third-order valence-electron chi connectivity index (χ3n) is 3.22. The molecule has 0 aliphatic rings. The highest BCUT2D eigenvalue weighted by molar-refractivity contribution is 7.13. The molecule has 1 N–H and O–H groups in total. The van der Waals surface area contributed by atoms with Crippen molar-refractivity contribution in [3.63, 3.8) is 0 Å². The lowest BCUT2D eigenvalue weighted by Gasteiger charge is -2.06. The summed E-state index contributed by atoms with van der Waals surface area (Å²) >= 11 is 1.38. The molecule has 3 nitrogen and oxygen atoms in total. The zero-order chi connectivity index (χ0) is 17.1. The van der Waals surface area contributed by atoms with Crippen molar-refractivity contribution in [3.05, 3.63) is 71.0 Å². The quantitative estimate of drug-likeness (QED) is 0.710. The Morgan fingerprint density at radius 3 is 2.54 bits per heavy atom. The number of thiazole rings is 1. The van der Waals surface area contributed by atoms with E-state index in [0.29, 0.717) is 5.69 Å². The van der Waals surface area contributed by atoms with Gasteiger partial charge in [-0.05, 0) is 12.1 Å². The van der Waals surface area contributed by atoms with E-state index in [1.54, 1.807) is 5.38 Å². The van der Waals surface area contributed by atoms with Crippen LogP contribution in [0.25, 0.3) is 10.6 Å². The minimum atomic E-state index is -1.62. The van der Waals surface area contributed by atoms with Crippen molar-refractivity contribution >= 4 is 22.9 Å². The summed E-state index contributed by atoms with van der Waals surface area (Å²) in [6, 6.07) is 11.2. The number of rotatable bonds is 4. The van der Waals surface area contributed by atoms with Crippen molar-refractivity contribution in [2.45, 2.75) is 6.42 Å². The van der Waals surface area contributed by atoms with Crippen LogP contribution in [-0.2, 0) is 11.2 Å². The minimum absolute atomic E-state index is 0.0955. The Kier molecular flexibility index (Phi) is 4.61. The Balaban J connectivity index is 1.70. The summed E-state index contributed by atoms with van der Waals surface area (Å²) in [5.41, 5.74) is 1.04. The SMILES string of the molecule is O=C(Cc1csc(-c2ccccc2)n1)Nc1ccc(F)c(F)c1F. The first-order valence-corrected chi connectivity index (χ1v) is 7.85. The van der Waals surface area contributed by atoms with Crippen LogP contribution in [-0.4, -0.2) is 10.9 Å². The Morgan fingerprint density at radius 1 is 1.04 bits per heavy atom. The van der Waals surface area contributed by atoms with Crippen LogP contribution in [0.3, 0.4) is 0 Å². The van der Waals surface area contributed by atoms with E-state index in [0.717, 1.165) is 22.7 Å². The Labute approximate surface area is 139 Å². The fourth-order valence-corrected chi connectivity index (χ4v) is 2.91. The van der Waals surface area contributed by atoms with Crippen molar-refractivity contribution in [1.29, 1.82) is 0 Å². The van der Waals surface area contributed by atoms with Crippen LogP contribution in [0, 0.1) is 17.5 Å². The fraction of sp³-hybridized carbons (Fsp3) is 0.0588. The summed E-state index contributed by atoms with van der Waals surface area (Å²) in [7, 11) is 0. The lowest BCUT2D eigenvalue weighted by atomic mass is 10.2. The molecule has 0 aliphatic heterocycles. The highest BCUT2D eigenvalue weighted by Crippen LogP contribution is 2.24. The maximum atomic E-state index is 13.5. The highest BCUT2D eigenvalue weighted by Gasteiger charge is 2.16. The molecule has 3 rings (SSSR count). The molecule has 0 saturated heterocycles. The van der Waals surface area contributed by atoms with E-state index in [1.165, 1.54) is 11.3 Å². The number of benzene rings is 2. The molecule has 24 heavy (non-hydrogen) atoms. The minimum Gasteiger partial charge on any atom is -0.323 e. The molecule has 0 unspecified atom stereocenters. The number of halogens is 3. The number of carbonyl (C=O) groups is 1. The van der Waals surface area contributed by atoms with Gasteiger partial charge in [0, 0.05) is 10.9 Å². The van der Waals surface area contributed by atoms with Crippen molar-refractivity contribution < 1.29 is 18.0 Å². The van der Waals surface area contributed by atoms with Crippen LogP contribution < -0.4 is 5.32 Å². The van der Waals surface area contributed by atoms with Gasteiger partial charge >= 0.3 is 0 Å². The number of hydrogen-bond acceptors (Lipinski definition) is 3. The van der Waals surface area contributed by atoms with Crippen molar-refractivity contribution in [2.75, 3.05) is 5.32 Å². The molecule has 3 aromatic rings. The van der Waals surface area contributed by atoms with Crippen LogP contribution in [0.4, 0.5) is 18.9 Å². The molecule has 1 aromatic heterocycles. The standard InChI is InChI=1S/C17H11F3N2OS/c18-12-6-7-13(16(20)15(12)19)22-14(23)8-11-9-24-17(21-11)10-4-2-1-3-5-10/h1-7,9H,8H2,(H,22,23). The van der Waals surface area contributed by atoms with Gasteiger partial charge in [0.05, 0.1) is 17.8 Å². The van der Waals surface area contributed by atoms with Crippen LogP contribution in [0.1, 0.15) is 5.69 Å². The molecule has 1 amide bonds. The lowest BCUT2D eigenvalue weighted by Crippen LogP contribution is -2.16. The predicted octanol–water partition coefficient (Wildman–Crippen LogP) is 4.41. The molecule has 7 heteroatoms. The predicted molar refractivity (Wildman–Crippen MR) is 86.2 cm³/mol. The molecule has 0 atom stereocenters. The van der Waals surface area contributed by atoms with Gasteiger partial charge in [-0.3, -0.25) is 4.79 Å². The molecule has 0 spiro atoms. The van der Waals surface area contributed by atoms with Crippen LogP contribution in [0.5, 0.6) is 0 Å². The zero-order valence-corrected chi connectivity index (χ0v) is 13.0. The number of nitrogens with zero attached hydrogens (tertiary/aromatic N) is 1. The molecule has 2 aromatic carbocycles. The zero-order valence-electron chi connectivity index (χ0n) is 12.2. The van der Waals surface area contributed by atoms with E-state index < -0.39 is 29.0 Å². The summed E-state index contributed by atoms with van der Waals surface area (Å²) in [6.45, 7) is 0. The van der Waals surface area contributed by atoms with Gasteiger partial charge in [-0.1, -0.05) is 30.3 Å². The van der Waals surface area contributed by atoms with Gasteiger partial charge in [0.25, 0.3) is 0 Å². The maximum Gasteiger partial charge on any atom is 0.230 e. The Hall–Kier alpha value is -2.67. The van der Waals surface area contributed by atoms with Gasteiger partial charge in [-0.15, -0.1) is 11.3 Å². The molecular formula is C17H11F3N2OS. The summed E-state index contributed by atoms with van der Waals surface area (Å²) in [5, 5.41) is 4.71. The average Bonchev–Trinajstić information content (AvgIpc) is 3.04. The largest absolute Gasteiger partial charge is 0.323 e. The van der Waals surface area contributed by atoms with E-state index in [4.69, 9.17) is 0 Å². The highest BCUT2D eigenvalue weighted by atomic mass is 32.1. The molecule has 0 radical (unpaired) electrons. The smallest absolute Gasteiger partial charge is 0.230 e. The molecule has 1 heterocycles. The molecule has 0 fully saturated rings. The van der Waals surface area contributed by atoms with Gasteiger partial charge in [0.2, 0.25) is 5.91 Å². The number of carbonyl (C=O) groups excluding carboxylic acids is 1. The molecule has 122 valence electrons. The van der Waals surface area contributed by atoms with Crippen molar-refractivity contribution in [1.82, 2.24) is 4.98 Å². The third kappa shape index (κ3) is 3.46. The number of aromatic nitrogens is 1. The summed E-state index contributed by atoms with van der Waals surface area (Å²) in [6.07, 6.45) is -0.0955. The van der Waals surface area contributed by atoms with E-state index in [9.17, 15) is 18.0 Å². The number of nitrogens with one attached hydrogen (secondary N) is 1.